The molecule has 0 spiro atoms. The number of furan rings is 1. The van der Waals surface area contributed by atoms with Crippen LogP contribution in [0.4, 0.5) is 0 Å². The summed E-state index contributed by atoms with van der Waals surface area (Å²) in [4.78, 5) is 34.6. The molecule has 0 aliphatic carbocycles. The second kappa shape index (κ2) is 10.9. The van der Waals surface area contributed by atoms with E-state index in [0.29, 0.717) is 45.2 Å². The van der Waals surface area contributed by atoms with Gasteiger partial charge in [0.1, 0.15) is 11.6 Å². The van der Waals surface area contributed by atoms with Crippen molar-refractivity contribution in [2.75, 3.05) is 0 Å². The Morgan fingerprint density at radius 3 is 2.47 bits per heavy atom. The van der Waals surface area contributed by atoms with Crippen molar-refractivity contribution in [1.29, 1.82) is 0 Å². The predicted octanol–water partition coefficient (Wildman–Crippen LogP) is 7.39. The van der Waals surface area contributed by atoms with E-state index < -0.39 is 6.04 Å². The number of aryl methyl sites for hydroxylation is 1. The van der Waals surface area contributed by atoms with Crippen LogP contribution >= 0.6 is 23.2 Å². The smallest absolute Gasteiger partial charge is 0.266 e. The maximum absolute atomic E-state index is 14.1. The van der Waals surface area contributed by atoms with Gasteiger partial charge < -0.3 is 9.32 Å². The summed E-state index contributed by atoms with van der Waals surface area (Å²) in [5.74, 6) is 0.713. The molecule has 0 fully saturated rings. The standard InChI is InChI=1S/C30H25Cl2N3O3/c1-3-27(34(18-22-7-6-16-38-22)29(36)23-15-12-20(31)17-25(23)32)28-33-26-9-5-4-8-24(26)30(37)35(28)21-13-10-19(2)11-14-21/h4-17,27H,3,18H2,1-2H3. The van der Waals surface area contributed by atoms with E-state index in [1.54, 1.807) is 58.2 Å². The number of halogens is 2. The summed E-state index contributed by atoms with van der Waals surface area (Å²) in [5.41, 5.74) is 2.39. The summed E-state index contributed by atoms with van der Waals surface area (Å²) in [6, 6.07) is 22.7. The van der Waals surface area contributed by atoms with Gasteiger partial charge in [0.05, 0.1) is 46.0 Å². The molecule has 5 rings (SSSR count). The first-order valence-electron chi connectivity index (χ1n) is 12.2. The average molecular weight is 546 g/mol. The van der Waals surface area contributed by atoms with E-state index in [-0.39, 0.29) is 23.0 Å². The lowest BCUT2D eigenvalue weighted by atomic mass is 10.1. The lowest BCUT2D eigenvalue weighted by Gasteiger charge is -2.32. The number of nitrogens with zero attached hydrogens (tertiary/aromatic N) is 3. The van der Waals surface area contributed by atoms with E-state index in [4.69, 9.17) is 32.6 Å². The van der Waals surface area contributed by atoms with Crippen LogP contribution in [-0.4, -0.2) is 20.4 Å². The Morgan fingerprint density at radius 2 is 1.79 bits per heavy atom. The number of carbonyl (C=O) groups excluding carboxylic acids is 1. The molecule has 192 valence electrons. The first-order valence-corrected chi connectivity index (χ1v) is 13.0. The van der Waals surface area contributed by atoms with E-state index in [1.807, 2.05) is 50.2 Å². The Morgan fingerprint density at radius 1 is 1.03 bits per heavy atom. The largest absolute Gasteiger partial charge is 0.467 e. The van der Waals surface area contributed by atoms with Gasteiger partial charge in [-0.25, -0.2) is 4.98 Å². The second-order valence-electron chi connectivity index (χ2n) is 9.02. The zero-order valence-corrected chi connectivity index (χ0v) is 22.4. The van der Waals surface area contributed by atoms with Crippen LogP contribution < -0.4 is 5.56 Å². The van der Waals surface area contributed by atoms with Gasteiger partial charge in [-0.3, -0.25) is 14.2 Å². The van der Waals surface area contributed by atoms with Gasteiger partial charge in [-0.05, 0) is 67.9 Å². The third-order valence-electron chi connectivity index (χ3n) is 6.48. The Balaban J connectivity index is 1.74. The van der Waals surface area contributed by atoms with E-state index >= 15 is 0 Å². The fraction of sp³-hybridized carbons (Fsp3) is 0.167. The van der Waals surface area contributed by atoms with Crippen LogP contribution in [0.5, 0.6) is 0 Å². The highest BCUT2D eigenvalue weighted by molar-refractivity contribution is 6.36. The van der Waals surface area contributed by atoms with E-state index in [0.717, 1.165) is 5.56 Å². The minimum absolute atomic E-state index is 0.153. The van der Waals surface area contributed by atoms with E-state index in [9.17, 15) is 9.59 Å². The number of hydrogen-bond acceptors (Lipinski definition) is 4. The normalized spacial score (nSPS) is 12.0. The van der Waals surface area contributed by atoms with Crippen LogP contribution in [0, 0.1) is 6.92 Å². The summed E-state index contributed by atoms with van der Waals surface area (Å²) in [7, 11) is 0. The van der Waals surface area contributed by atoms with Crippen molar-refractivity contribution in [3.8, 4) is 5.69 Å². The Hall–Kier alpha value is -3.87. The molecule has 0 saturated carbocycles. The van der Waals surface area contributed by atoms with Crippen molar-refractivity contribution in [3.05, 3.63) is 128 Å². The van der Waals surface area contributed by atoms with E-state index in [2.05, 4.69) is 0 Å². The van der Waals surface area contributed by atoms with Gasteiger partial charge in [0.25, 0.3) is 11.5 Å². The molecule has 3 aromatic carbocycles. The van der Waals surface area contributed by atoms with E-state index in [1.165, 1.54) is 0 Å². The van der Waals surface area contributed by atoms with Crippen molar-refractivity contribution in [1.82, 2.24) is 14.5 Å². The first kappa shape index (κ1) is 25.8. The van der Waals surface area contributed by atoms with Gasteiger partial charge in [0, 0.05) is 5.02 Å². The quantitative estimate of drug-likeness (QED) is 0.214. The molecule has 0 radical (unpaired) electrons. The van der Waals surface area contributed by atoms with Crippen LogP contribution in [0.2, 0.25) is 10.0 Å². The van der Waals surface area contributed by atoms with Crippen LogP contribution in [0.15, 0.2) is 94.3 Å². The van der Waals surface area contributed by atoms with Crippen LogP contribution in [0.1, 0.15) is 46.9 Å². The number of carbonyl (C=O) groups is 1. The third kappa shape index (κ3) is 4.97. The molecule has 0 N–H and O–H groups in total. The predicted molar refractivity (Wildman–Crippen MR) is 150 cm³/mol. The van der Waals surface area contributed by atoms with Gasteiger partial charge in [-0.1, -0.05) is 60.0 Å². The molecule has 0 bridgehead atoms. The molecular weight excluding hydrogens is 521 g/mol. The highest BCUT2D eigenvalue weighted by Gasteiger charge is 2.31. The summed E-state index contributed by atoms with van der Waals surface area (Å²) in [6.07, 6.45) is 2.04. The Kier molecular flexibility index (Phi) is 7.36. The number of aromatic nitrogens is 2. The van der Waals surface area contributed by atoms with Crippen molar-refractivity contribution >= 4 is 40.0 Å². The number of rotatable bonds is 7. The number of benzene rings is 3. The molecule has 38 heavy (non-hydrogen) atoms. The maximum Gasteiger partial charge on any atom is 0.266 e. The van der Waals surface area contributed by atoms with Crippen molar-refractivity contribution in [3.63, 3.8) is 0 Å². The molecule has 6 nitrogen and oxygen atoms in total. The summed E-state index contributed by atoms with van der Waals surface area (Å²) >= 11 is 12.6. The molecule has 1 amide bonds. The molecule has 0 saturated heterocycles. The zero-order chi connectivity index (χ0) is 26.8. The molecule has 2 heterocycles. The maximum atomic E-state index is 14.1. The van der Waals surface area contributed by atoms with Gasteiger partial charge in [0.15, 0.2) is 0 Å². The van der Waals surface area contributed by atoms with Crippen LogP contribution in [0.25, 0.3) is 16.6 Å². The molecule has 0 aliphatic heterocycles. The average Bonchev–Trinajstić information content (AvgIpc) is 3.42. The summed E-state index contributed by atoms with van der Waals surface area (Å²) < 4.78 is 7.21. The van der Waals surface area contributed by atoms with Crippen molar-refractivity contribution < 1.29 is 9.21 Å². The molecule has 8 heteroatoms. The zero-order valence-electron chi connectivity index (χ0n) is 20.9. The minimum atomic E-state index is -0.585. The second-order valence-corrected chi connectivity index (χ2v) is 9.87. The lowest BCUT2D eigenvalue weighted by molar-refractivity contribution is 0.0624. The monoisotopic (exact) mass is 545 g/mol. The molecule has 1 atom stereocenters. The van der Waals surface area contributed by atoms with Gasteiger partial charge >= 0.3 is 0 Å². The number of para-hydroxylation sites is 1. The Labute approximate surface area is 230 Å². The van der Waals surface area contributed by atoms with Crippen LogP contribution in [-0.2, 0) is 6.54 Å². The van der Waals surface area contributed by atoms with Crippen molar-refractivity contribution in [2.45, 2.75) is 32.9 Å². The fourth-order valence-electron chi connectivity index (χ4n) is 4.57. The number of fused-ring (bicyclic) bond motifs is 1. The summed E-state index contributed by atoms with van der Waals surface area (Å²) in [6.45, 7) is 4.10. The summed E-state index contributed by atoms with van der Waals surface area (Å²) in [5, 5.41) is 1.17. The van der Waals surface area contributed by atoms with Gasteiger partial charge in [0.2, 0.25) is 0 Å². The molecule has 5 aromatic rings. The van der Waals surface area contributed by atoms with Gasteiger partial charge in [-0.2, -0.15) is 0 Å². The van der Waals surface area contributed by atoms with Gasteiger partial charge in [-0.15, -0.1) is 0 Å². The first-order chi connectivity index (χ1) is 18.4. The fourth-order valence-corrected chi connectivity index (χ4v) is 5.06. The number of amides is 1. The molecule has 0 aliphatic rings. The topological polar surface area (TPSA) is 68.3 Å². The number of hydrogen-bond donors (Lipinski definition) is 0. The highest BCUT2D eigenvalue weighted by atomic mass is 35.5. The molecular formula is C30H25Cl2N3O3. The molecule has 1 unspecified atom stereocenters. The molecule has 2 aromatic heterocycles. The third-order valence-corrected chi connectivity index (χ3v) is 7.03. The van der Waals surface area contributed by atoms with Crippen molar-refractivity contribution in [2.24, 2.45) is 0 Å². The van der Waals surface area contributed by atoms with Crippen LogP contribution in [0.3, 0.4) is 0 Å². The SMILES string of the molecule is CCC(c1nc2ccccc2c(=O)n1-c1ccc(C)cc1)N(Cc1ccco1)C(=O)c1ccc(Cl)cc1Cl. The Bertz CT molecular complexity index is 1660. The minimum Gasteiger partial charge on any atom is -0.467 e. The lowest BCUT2D eigenvalue weighted by Crippen LogP contribution is -2.38. The highest BCUT2D eigenvalue weighted by Crippen LogP contribution is 2.31.